The van der Waals surface area contributed by atoms with Crippen molar-refractivity contribution in [2.75, 3.05) is 18.4 Å². The minimum absolute atomic E-state index is 0.0394. The van der Waals surface area contributed by atoms with Crippen LogP contribution in [0.2, 0.25) is 0 Å². The second kappa shape index (κ2) is 11.5. The van der Waals surface area contributed by atoms with Gasteiger partial charge in [0.15, 0.2) is 0 Å². The van der Waals surface area contributed by atoms with E-state index in [1.807, 2.05) is 30.3 Å². The number of anilines is 1. The molecular formula is C27H32FN3O3S. The predicted molar refractivity (Wildman–Crippen MR) is 138 cm³/mol. The lowest BCUT2D eigenvalue weighted by molar-refractivity contribution is 0.0932. The molecule has 8 heteroatoms. The van der Waals surface area contributed by atoms with Crippen LogP contribution in [0.25, 0.3) is 0 Å². The summed E-state index contributed by atoms with van der Waals surface area (Å²) in [6.45, 7) is 4.14. The third-order valence-corrected chi connectivity index (χ3v) is 7.42. The minimum atomic E-state index is -3.95. The molecule has 0 saturated carbocycles. The number of halogens is 1. The number of benzene rings is 3. The van der Waals surface area contributed by atoms with Crippen molar-refractivity contribution in [3.05, 3.63) is 101 Å². The summed E-state index contributed by atoms with van der Waals surface area (Å²) < 4.78 is 42.4. The lowest BCUT2D eigenvalue weighted by Gasteiger charge is -2.28. The molecule has 186 valence electrons. The van der Waals surface area contributed by atoms with Crippen molar-refractivity contribution in [3.8, 4) is 0 Å². The van der Waals surface area contributed by atoms with Crippen LogP contribution in [0.1, 0.15) is 47.8 Å². The smallest absolute Gasteiger partial charge is 0.303 e. The molecule has 0 bridgehead atoms. The van der Waals surface area contributed by atoms with Crippen LogP contribution in [-0.2, 0) is 16.8 Å². The van der Waals surface area contributed by atoms with Gasteiger partial charge >= 0.3 is 10.2 Å². The van der Waals surface area contributed by atoms with E-state index >= 15 is 0 Å². The maximum absolute atomic E-state index is 14.5. The fourth-order valence-corrected chi connectivity index (χ4v) is 4.85. The first-order valence-electron chi connectivity index (χ1n) is 11.5. The highest BCUT2D eigenvalue weighted by Crippen LogP contribution is 2.26. The zero-order valence-electron chi connectivity index (χ0n) is 20.5. The molecule has 0 aromatic heterocycles. The number of nitrogens with zero attached hydrogens (tertiary/aromatic N) is 2. The Morgan fingerprint density at radius 1 is 0.914 bits per heavy atom. The van der Waals surface area contributed by atoms with Crippen molar-refractivity contribution in [2.24, 2.45) is 5.92 Å². The first-order chi connectivity index (χ1) is 16.6. The molecule has 6 nitrogen and oxygen atoms in total. The average Bonchev–Trinajstić information content (AvgIpc) is 2.83. The van der Waals surface area contributed by atoms with E-state index in [2.05, 4.69) is 19.2 Å². The number of carbonyl (C=O) groups excluding carboxylic acids is 1. The van der Waals surface area contributed by atoms with Crippen molar-refractivity contribution < 1.29 is 17.6 Å². The van der Waals surface area contributed by atoms with Crippen molar-refractivity contribution in [3.63, 3.8) is 0 Å². The Hall–Kier alpha value is -3.23. The number of carbonyl (C=O) groups is 1. The lowest BCUT2D eigenvalue weighted by Crippen LogP contribution is -2.40. The number of hydrogen-bond donors (Lipinski definition) is 1. The van der Waals surface area contributed by atoms with Gasteiger partial charge in [-0.1, -0.05) is 68.4 Å². The number of rotatable bonds is 10. The molecule has 0 aliphatic rings. The Morgan fingerprint density at radius 2 is 1.51 bits per heavy atom. The van der Waals surface area contributed by atoms with Crippen LogP contribution in [0.4, 0.5) is 10.1 Å². The second-order valence-electron chi connectivity index (χ2n) is 9.01. The first kappa shape index (κ1) is 26.4. The van der Waals surface area contributed by atoms with Gasteiger partial charge < -0.3 is 5.32 Å². The van der Waals surface area contributed by atoms with Crippen LogP contribution in [-0.4, -0.2) is 32.7 Å². The SMILES string of the molecule is CC(C)CC(NC(=O)c1ccc(CN(c2ccccc2F)S(=O)(=O)N(C)C)cc1)c1ccccc1. The second-order valence-corrected chi connectivity index (χ2v) is 11.1. The molecule has 1 atom stereocenters. The third kappa shape index (κ3) is 6.68. The fourth-order valence-electron chi connectivity index (χ4n) is 3.75. The normalized spacial score (nSPS) is 12.5. The zero-order chi connectivity index (χ0) is 25.6. The maximum atomic E-state index is 14.5. The molecule has 0 aliphatic heterocycles. The maximum Gasteiger partial charge on any atom is 0.303 e. The van der Waals surface area contributed by atoms with E-state index in [0.29, 0.717) is 17.0 Å². The van der Waals surface area contributed by atoms with Crippen LogP contribution < -0.4 is 9.62 Å². The molecule has 3 aromatic carbocycles. The van der Waals surface area contributed by atoms with Crippen LogP contribution in [0.3, 0.4) is 0 Å². The van der Waals surface area contributed by atoms with Gasteiger partial charge in [0.05, 0.1) is 18.3 Å². The highest BCUT2D eigenvalue weighted by atomic mass is 32.2. The summed E-state index contributed by atoms with van der Waals surface area (Å²) >= 11 is 0. The van der Waals surface area contributed by atoms with Crippen LogP contribution in [0, 0.1) is 11.7 Å². The summed E-state index contributed by atoms with van der Waals surface area (Å²) in [5.74, 6) is -0.449. The zero-order valence-corrected chi connectivity index (χ0v) is 21.3. The molecule has 0 fully saturated rings. The number of hydrogen-bond acceptors (Lipinski definition) is 3. The van der Waals surface area contributed by atoms with Gasteiger partial charge in [-0.25, -0.2) is 4.39 Å². The van der Waals surface area contributed by atoms with Crippen molar-refractivity contribution >= 4 is 21.8 Å². The van der Waals surface area contributed by atoms with E-state index in [0.717, 1.165) is 20.6 Å². The fraction of sp³-hybridized carbons (Fsp3) is 0.296. The summed E-state index contributed by atoms with van der Waals surface area (Å²) in [5.41, 5.74) is 2.09. The molecule has 0 aliphatic carbocycles. The van der Waals surface area contributed by atoms with Crippen molar-refractivity contribution in [1.82, 2.24) is 9.62 Å². The van der Waals surface area contributed by atoms with E-state index in [1.165, 1.54) is 32.3 Å². The molecule has 0 radical (unpaired) electrons. The minimum Gasteiger partial charge on any atom is -0.345 e. The molecule has 1 unspecified atom stereocenters. The highest BCUT2D eigenvalue weighted by molar-refractivity contribution is 7.90. The number of amides is 1. The van der Waals surface area contributed by atoms with Gasteiger partial charge in [-0.05, 0) is 47.7 Å². The van der Waals surface area contributed by atoms with E-state index in [4.69, 9.17) is 0 Å². The molecule has 1 N–H and O–H groups in total. The molecular weight excluding hydrogens is 465 g/mol. The molecule has 3 rings (SSSR count). The summed E-state index contributed by atoms with van der Waals surface area (Å²) in [6.07, 6.45) is 0.799. The largest absolute Gasteiger partial charge is 0.345 e. The van der Waals surface area contributed by atoms with Crippen molar-refractivity contribution in [2.45, 2.75) is 32.9 Å². The molecule has 3 aromatic rings. The van der Waals surface area contributed by atoms with Crippen LogP contribution in [0.15, 0.2) is 78.9 Å². The van der Waals surface area contributed by atoms with E-state index < -0.39 is 16.0 Å². The predicted octanol–water partition coefficient (Wildman–Crippen LogP) is 5.16. The summed E-state index contributed by atoms with van der Waals surface area (Å²) in [6, 6.07) is 22.2. The highest BCUT2D eigenvalue weighted by Gasteiger charge is 2.27. The van der Waals surface area contributed by atoms with Gasteiger partial charge in [-0.3, -0.25) is 9.10 Å². The van der Waals surface area contributed by atoms with Gasteiger partial charge in [-0.15, -0.1) is 0 Å². The van der Waals surface area contributed by atoms with E-state index in [9.17, 15) is 17.6 Å². The summed E-state index contributed by atoms with van der Waals surface area (Å²) in [5, 5.41) is 3.11. The van der Waals surface area contributed by atoms with Crippen LogP contribution in [0.5, 0.6) is 0 Å². The first-order valence-corrected chi connectivity index (χ1v) is 12.9. The molecule has 0 spiro atoms. The Labute approximate surface area is 207 Å². The summed E-state index contributed by atoms with van der Waals surface area (Å²) in [7, 11) is -1.15. The third-order valence-electron chi connectivity index (χ3n) is 5.62. The van der Waals surface area contributed by atoms with Crippen LogP contribution >= 0.6 is 0 Å². The Morgan fingerprint density at radius 3 is 2.09 bits per heavy atom. The number of nitrogens with one attached hydrogen (secondary N) is 1. The van der Waals surface area contributed by atoms with Gasteiger partial charge in [0.2, 0.25) is 0 Å². The molecule has 0 heterocycles. The van der Waals surface area contributed by atoms with Crippen molar-refractivity contribution in [1.29, 1.82) is 0 Å². The van der Waals surface area contributed by atoms with Gasteiger partial charge in [0.25, 0.3) is 5.91 Å². The van der Waals surface area contributed by atoms with Gasteiger partial charge in [0.1, 0.15) is 5.82 Å². The quantitative estimate of drug-likeness (QED) is 0.421. The summed E-state index contributed by atoms with van der Waals surface area (Å²) in [4.78, 5) is 13.0. The number of para-hydroxylation sites is 1. The van der Waals surface area contributed by atoms with Gasteiger partial charge in [-0.2, -0.15) is 12.7 Å². The molecule has 35 heavy (non-hydrogen) atoms. The Balaban J connectivity index is 1.81. The van der Waals surface area contributed by atoms with E-state index in [-0.39, 0.29) is 24.2 Å². The standard InChI is InChI=1S/C27H32FN3O3S/c1-20(2)18-25(22-10-6-5-7-11-22)29-27(32)23-16-14-21(15-17-23)19-31(35(33,34)30(3)4)26-13-9-8-12-24(26)28/h5-17,20,25H,18-19H2,1-4H3,(H,29,32). The van der Waals surface area contributed by atoms with Gasteiger partial charge in [0, 0.05) is 19.7 Å². The average molecular weight is 498 g/mol. The Kier molecular flexibility index (Phi) is 8.64. The Bertz CT molecular complexity index is 1230. The van der Waals surface area contributed by atoms with E-state index in [1.54, 1.807) is 30.3 Å². The topological polar surface area (TPSA) is 69.7 Å². The monoisotopic (exact) mass is 497 g/mol. The molecule has 1 amide bonds. The lowest BCUT2D eigenvalue weighted by atomic mass is 9.96. The molecule has 0 saturated heterocycles.